The molecule has 2 rings (SSSR count). The summed E-state index contributed by atoms with van der Waals surface area (Å²) in [5.41, 5.74) is 1.18. The van der Waals surface area contributed by atoms with Crippen LogP contribution in [-0.2, 0) is 22.6 Å². The Bertz CT molecular complexity index is 356. The summed E-state index contributed by atoms with van der Waals surface area (Å²) in [6.07, 6.45) is 5.53. The highest BCUT2D eigenvalue weighted by Gasteiger charge is 2.14. The lowest BCUT2D eigenvalue weighted by molar-refractivity contribution is -0.0473. The lowest BCUT2D eigenvalue weighted by Crippen LogP contribution is -2.24. The third-order valence-electron chi connectivity index (χ3n) is 3.35. The molecule has 1 aromatic rings. The Morgan fingerprint density at radius 2 is 2.32 bits per heavy atom. The predicted molar refractivity (Wildman–Crippen MR) is 73.9 cm³/mol. The van der Waals surface area contributed by atoms with E-state index in [1.807, 2.05) is 6.07 Å². The van der Waals surface area contributed by atoms with Crippen molar-refractivity contribution < 1.29 is 13.9 Å². The fraction of sp³-hybridized carbons (Fsp3) is 0.733. The second kappa shape index (κ2) is 7.68. The van der Waals surface area contributed by atoms with Crippen molar-refractivity contribution in [3.05, 3.63) is 23.7 Å². The maximum Gasteiger partial charge on any atom is 0.133 e. The maximum atomic E-state index is 5.72. The van der Waals surface area contributed by atoms with Crippen molar-refractivity contribution >= 4 is 0 Å². The molecule has 0 saturated carbocycles. The highest BCUT2D eigenvalue weighted by Crippen LogP contribution is 2.15. The van der Waals surface area contributed by atoms with Crippen LogP contribution in [0.3, 0.4) is 0 Å². The average Bonchev–Trinajstić information content (AvgIpc) is 2.85. The third-order valence-corrected chi connectivity index (χ3v) is 3.35. The van der Waals surface area contributed by atoms with Gasteiger partial charge in [-0.3, -0.25) is 0 Å². The minimum atomic E-state index is 0.265. The normalized spacial score (nSPS) is 20.1. The number of nitrogens with one attached hydrogen (secondary N) is 1. The molecule has 0 radical (unpaired) electrons. The van der Waals surface area contributed by atoms with Crippen LogP contribution in [0, 0.1) is 0 Å². The first-order valence-electron chi connectivity index (χ1n) is 7.23. The zero-order valence-electron chi connectivity index (χ0n) is 12.0. The number of hydrogen-bond acceptors (Lipinski definition) is 4. The van der Waals surface area contributed by atoms with E-state index in [1.54, 1.807) is 6.26 Å². The van der Waals surface area contributed by atoms with E-state index in [4.69, 9.17) is 13.9 Å². The van der Waals surface area contributed by atoms with Crippen LogP contribution in [0.2, 0.25) is 0 Å². The summed E-state index contributed by atoms with van der Waals surface area (Å²) in [4.78, 5) is 0. The quantitative estimate of drug-likeness (QED) is 0.825. The highest BCUT2D eigenvalue weighted by atomic mass is 16.5. The van der Waals surface area contributed by atoms with Gasteiger partial charge in [0, 0.05) is 24.8 Å². The van der Waals surface area contributed by atoms with Crippen LogP contribution in [-0.4, -0.2) is 25.4 Å². The molecule has 108 valence electrons. The standard InChI is InChI=1S/C15H25NO3/c1-12(2)16-9-13-6-8-19-15(13)11-17-10-14-5-3-4-7-18-14/h6,8,12,14,16H,3-5,7,9-11H2,1-2H3. The first kappa shape index (κ1) is 14.6. The Morgan fingerprint density at radius 1 is 1.42 bits per heavy atom. The SMILES string of the molecule is CC(C)NCc1ccoc1COCC1CCCCO1. The molecule has 0 amide bonds. The third kappa shape index (κ3) is 4.97. The summed E-state index contributed by atoms with van der Waals surface area (Å²) in [6.45, 7) is 7.16. The zero-order chi connectivity index (χ0) is 13.5. The van der Waals surface area contributed by atoms with Gasteiger partial charge in [-0.05, 0) is 25.3 Å². The maximum absolute atomic E-state index is 5.72. The van der Waals surface area contributed by atoms with Gasteiger partial charge < -0.3 is 19.2 Å². The van der Waals surface area contributed by atoms with Crippen LogP contribution in [0.5, 0.6) is 0 Å². The van der Waals surface area contributed by atoms with Gasteiger partial charge in [0.25, 0.3) is 0 Å². The van der Waals surface area contributed by atoms with Gasteiger partial charge >= 0.3 is 0 Å². The largest absolute Gasteiger partial charge is 0.467 e. The van der Waals surface area contributed by atoms with E-state index in [-0.39, 0.29) is 6.10 Å². The summed E-state index contributed by atoms with van der Waals surface area (Å²) in [5, 5.41) is 3.39. The van der Waals surface area contributed by atoms with E-state index < -0.39 is 0 Å². The molecule has 1 N–H and O–H groups in total. The molecule has 1 unspecified atom stereocenters. The van der Waals surface area contributed by atoms with Crippen molar-refractivity contribution in [3.63, 3.8) is 0 Å². The van der Waals surface area contributed by atoms with Crippen LogP contribution < -0.4 is 5.32 Å². The van der Waals surface area contributed by atoms with Gasteiger partial charge in [0.1, 0.15) is 12.4 Å². The van der Waals surface area contributed by atoms with E-state index >= 15 is 0 Å². The molecule has 1 atom stereocenters. The molecule has 0 bridgehead atoms. The fourth-order valence-electron chi connectivity index (χ4n) is 2.19. The monoisotopic (exact) mass is 267 g/mol. The smallest absolute Gasteiger partial charge is 0.133 e. The van der Waals surface area contributed by atoms with E-state index in [1.165, 1.54) is 18.4 Å². The van der Waals surface area contributed by atoms with Crippen LogP contribution in [0.4, 0.5) is 0 Å². The molecule has 4 nitrogen and oxygen atoms in total. The van der Waals surface area contributed by atoms with Crippen LogP contribution in [0.1, 0.15) is 44.4 Å². The van der Waals surface area contributed by atoms with Crippen molar-refractivity contribution in [1.29, 1.82) is 0 Å². The van der Waals surface area contributed by atoms with Crippen molar-refractivity contribution in [2.45, 2.75) is 58.4 Å². The Balaban J connectivity index is 1.71. The summed E-state index contributed by atoms with van der Waals surface area (Å²) in [5.74, 6) is 0.920. The minimum Gasteiger partial charge on any atom is -0.467 e. The van der Waals surface area contributed by atoms with Gasteiger partial charge in [-0.1, -0.05) is 13.8 Å². The minimum absolute atomic E-state index is 0.265. The number of hydrogen-bond donors (Lipinski definition) is 1. The zero-order valence-corrected chi connectivity index (χ0v) is 12.0. The lowest BCUT2D eigenvalue weighted by atomic mass is 10.1. The van der Waals surface area contributed by atoms with Crippen molar-refractivity contribution in [1.82, 2.24) is 5.32 Å². The Kier molecular flexibility index (Phi) is 5.89. The molecule has 1 saturated heterocycles. The second-order valence-electron chi connectivity index (χ2n) is 5.41. The molecule has 19 heavy (non-hydrogen) atoms. The van der Waals surface area contributed by atoms with Gasteiger partial charge in [0.2, 0.25) is 0 Å². The van der Waals surface area contributed by atoms with Gasteiger partial charge in [-0.25, -0.2) is 0 Å². The van der Waals surface area contributed by atoms with Gasteiger partial charge in [-0.15, -0.1) is 0 Å². The van der Waals surface area contributed by atoms with Gasteiger partial charge in [0.15, 0.2) is 0 Å². The van der Waals surface area contributed by atoms with Crippen molar-refractivity contribution in [3.8, 4) is 0 Å². The van der Waals surface area contributed by atoms with E-state index in [2.05, 4.69) is 19.2 Å². The molecule has 1 fully saturated rings. The number of ether oxygens (including phenoxy) is 2. The van der Waals surface area contributed by atoms with Crippen molar-refractivity contribution in [2.24, 2.45) is 0 Å². The van der Waals surface area contributed by atoms with Crippen molar-refractivity contribution in [2.75, 3.05) is 13.2 Å². The molecule has 4 heteroatoms. The Labute approximate surface area is 115 Å². The lowest BCUT2D eigenvalue weighted by Gasteiger charge is -2.22. The Hall–Kier alpha value is -0.840. The molecular weight excluding hydrogens is 242 g/mol. The summed E-state index contributed by atoms with van der Waals surface area (Å²) < 4.78 is 16.8. The van der Waals surface area contributed by atoms with Gasteiger partial charge in [-0.2, -0.15) is 0 Å². The number of rotatable bonds is 7. The molecule has 2 heterocycles. The topological polar surface area (TPSA) is 43.6 Å². The van der Waals surface area contributed by atoms with Crippen LogP contribution in [0.25, 0.3) is 0 Å². The first-order chi connectivity index (χ1) is 9.25. The molecule has 0 aliphatic carbocycles. The van der Waals surface area contributed by atoms with E-state index in [0.29, 0.717) is 19.3 Å². The van der Waals surface area contributed by atoms with Crippen LogP contribution in [0.15, 0.2) is 16.7 Å². The predicted octanol–water partition coefficient (Wildman–Crippen LogP) is 2.86. The first-order valence-corrected chi connectivity index (χ1v) is 7.23. The summed E-state index contributed by atoms with van der Waals surface area (Å²) in [6, 6.07) is 2.48. The molecule has 1 aliphatic rings. The highest BCUT2D eigenvalue weighted by molar-refractivity contribution is 5.16. The Morgan fingerprint density at radius 3 is 3.05 bits per heavy atom. The molecule has 1 aliphatic heterocycles. The summed E-state index contributed by atoms with van der Waals surface area (Å²) in [7, 11) is 0. The molecule has 0 aromatic carbocycles. The molecule has 0 spiro atoms. The fourth-order valence-corrected chi connectivity index (χ4v) is 2.19. The second-order valence-corrected chi connectivity index (χ2v) is 5.41. The molecule has 1 aromatic heterocycles. The van der Waals surface area contributed by atoms with Crippen LogP contribution >= 0.6 is 0 Å². The van der Waals surface area contributed by atoms with E-state index in [0.717, 1.165) is 25.3 Å². The van der Waals surface area contributed by atoms with Gasteiger partial charge in [0.05, 0.1) is 19.0 Å². The van der Waals surface area contributed by atoms with E-state index in [9.17, 15) is 0 Å². The molecular formula is C15H25NO3. The number of furan rings is 1. The average molecular weight is 267 g/mol. The summed E-state index contributed by atoms with van der Waals surface area (Å²) >= 11 is 0.